The van der Waals surface area contributed by atoms with E-state index in [0.29, 0.717) is 6.54 Å². The molecule has 0 aliphatic carbocycles. The van der Waals surface area contributed by atoms with Gasteiger partial charge in [-0.15, -0.1) is 23.4 Å². The Morgan fingerprint density at radius 3 is 2.59 bits per heavy atom. The molecule has 0 heterocycles. The molecule has 0 radical (unpaired) electrons. The van der Waals surface area contributed by atoms with E-state index in [9.17, 15) is 9.90 Å². The van der Waals surface area contributed by atoms with Gasteiger partial charge < -0.3 is 15.5 Å². The van der Waals surface area contributed by atoms with E-state index in [2.05, 4.69) is 5.32 Å². The summed E-state index contributed by atoms with van der Waals surface area (Å²) in [5, 5.41) is 20.8. The third-order valence-electron chi connectivity index (χ3n) is 1.94. The Morgan fingerprint density at radius 2 is 2.06 bits per heavy atom. The van der Waals surface area contributed by atoms with E-state index in [4.69, 9.17) is 16.7 Å². The van der Waals surface area contributed by atoms with Crippen molar-refractivity contribution in [1.29, 1.82) is 0 Å². The second-order valence-corrected chi connectivity index (χ2v) is 4.75. The van der Waals surface area contributed by atoms with E-state index in [-0.39, 0.29) is 11.6 Å². The smallest absolute Gasteiger partial charge is 0.313 e. The molecular weight excluding hydrogens is 262 g/mol. The van der Waals surface area contributed by atoms with E-state index in [1.807, 2.05) is 24.3 Å². The van der Waals surface area contributed by atoms with Crippen molar-refractivity contribution in [3.8, 4) is 0 Å². The van der Waals surface area contributed by atoms with Crippen molar-refractivity contribution in [2.45, 2.75) is 11.0 Å². The number of alkyl halides is 1. The van der Waals surface area contributed by atoms with Gasteiger partial charge in [0.1, 0.15) is 0 Å². The quantitative estimate of drug-likeness (QED) is 0.524. The molecular formula is C11H14ClNO3S. The lowest BCUT2D eigenvalue weighted by Gasteiger charge is -2.10. The number of aliphatic carboxylic acids is 1. The summed E-state index contributed by atoms with van der Waals surface area (Å²) in [6.07, 6.45) is -0.572. The zero-order valence-electron chi connectivity index (χ0n) is 9.10. The van der Waals surface area contributed by atoms with E-state index in [0.717, 1.165) is 10.6 Å². The maximum Gasteiger partial charge on any atom is 0.313 e. The molecule has 0 aliphatic rings. The molecule has 0 aliphatic heterocycles. The first-order valence-corrected chi connectivity index (χ1v) is 6.56. The van der Waals surface area contributed by atoms with Crippen LogP contribution in [0, 0.1) is 0 Å². The minimum atomic E-state index is -0.831. The number of rotatable bonds is 7. The lowest BCUT2D eigenvalue weighted by molar-refractivity contribution is -0.133. The van der Waals surface area contributed by atoms with E-state index < -0.39 is 12.1 Å². The molecule has 0 spiro atoms. The van der Waals surface area contributed by atoms with Crippen LogP contribution in [0.25, 0.3) is 0 Å². The number of benzene rings is 1. The van der Waals surface area contributed by atoms with Crippen molar-refractivity contribution in [2.24, 2.45) is 0 Å². The van der Waals surface area contributed by atoms with Gasteiger partial charge in [-0.25, -0.2) is 0 Å². The van der Waals surface area contributed by atoms with Crippen LogP contribution in [0.3, 0.4) is 0 Å². The number of aliphatic hydroxyl groups excluding tert-OH is 1. The number of carboxylic acid groups (broad SMARTS) is 1. The maximum absolute atomic E-state index is 10.4. The minimum absolute atomic E-state index is 0.0533. The zero-order valence-corrected chi connectivity index (χ0v) is 10.7. The van der Waals surface area contributed by atoms with Gasteiger partial charge in [-0.05, 0) is 24.3 Å². The Balaban J connectivity index is 2.41. The molecule has 3 N–H and O–H groups in total. The van der Waals surface area contributed by atoms with Crippen LogP contribution in [0.4, 0.5) is 5.69 Å². The molecule has 0 bridgehead atoms. The number of hydrogen-bond acceptors (Lipinski definition) is 4. The van der Waals surface area contributed by atoms with E-state index in [1.165, 1.54) is 11.8 Å². The van der Waals surface area contributed by atoms with Crippen molar-refractivity contribution < 1.29 is 15.0 Å². The number of carboxylic acids is 1. The molecule has 0 aromatic heterocycles. The van der Waals surface area contributed by atoms with Crippen molar-refractivity contribution in [3.63, 3.8) is 0 Å². The van der Waals surface area contributed by atoms with Crippen LogP contribution in [0.1, 0.15) is 0 Å². The standard InChI is InChI=1S/C11H14ClNO3S/c12-5-9(14)6-13-8-1-3-10(4-2-8)17-7-11(15)16/h1-4,9,13-14H,5-7H2,(H,15,16). The van der Waals surface area contributed by atoms with Crippen LogP contribution in [-0.2, 0) is 4.79 Å². The molecule has 1 aromatic carbocycles. The Bertz CT molecular complexity index is 358. The molecule has 1 rings (SSSR count). The predicted octanol–water partition coefficient (Wildman–Crippen LogP) is 1.87. The lowest BCUT2D eigenvalue weighted by atomic mass is 10.3. The molecule has 1 unspecified atom stereocenters. The van der Waals surface area contributed by atoms with Crippen LogP contribution in [0.15, 0.2) is 29.2 Å². The first kappa shape index (κ1) is 14.2. The van der Waals surface area contributed by atoms with Gasteiger partial charge >= 0.3 is 5.97 Å². The minimum Gasteiger partial charge on any atom is -0.481 e. The predicted molar refractivity (Wildman–Crippen MR) is 70.0 cm³/mol. The van der Waals surface area contributed by atoms with Gasteiger partial charge in [-0.1, -0.05) is 0 Å². The average Bonchev–Trinajstić information content (AvgIpc) is 2.34. The number of hydrogen-bond donors (Lipinski definition) is 3. The number of thioether (sulfide) groups is 1. The summed E-state index contributed by atoms with van der Waals surface area (Å²) in [6.45, 7) is 0.394. The van der Waals surface area contributed by atoms with Crippen LogP contribution in [0.5, 0.6) is 0 Å². The summed E-state index contributed by atoms with van der Waals surface area (Å²) in [4.78, 5) is 11.3. The molecule has 1 atom stereocenters. The van der Waals surface area contributed by atoms with Gasteiger partial charge in [0.05, 0.1) is 17.7 Å². The second kappa shape index (κ2) is 7.42. The number of halogens is 1. The van der Waals surface area contributed by atoms with E-state index >= 15 is 0 Å². The molecule has 0 fully saturated rings. The summed E-state index contributed by atoms with van der Waals surface area (Å²) < 4.78 is 0. The second-order valence-electron chi connectivity index (χ2n) is 3.40. The normalized spacial score (nSPS) is 12.1. The average molecular weight is 276 g/mol. The SMILES string of the molecule is O=C(O)CSc1ccc(NCC(O)CCl)cc1. The fourth-order valence-corrected chi connectivity index (χ4v) is 1.83. The van der Waals surface area contributed by atoms with Crippen LogP contribution in [-0.4, -0.2) is 40.5 Å². The van der Waals surface area contributed by atoms with Gasteiger partial charge in [-0.3, -0.25) is 4.79 Å². The van der Waals surface area contributed by atoms with Gasteiger partial charge in [-0.2, -0.15) is 0 Å². The Morgan fingerprint density at radius 1 is 1.41 bits per heavy atom. The van der Waals surface area contributed by atoms with Crippen LogP contribution in [0.2, 0.25) is 0 Å². The van der Waals surface area contributed by atoms with Gasteiger partial charge in [0.15, 0.2) is 0 Å². The fraction of sp³-hybridized carbons (Fsp3) is 0.364. The Labute approximate surface area is 109 Å². The molecule has 0 amide bonds. The van der Waals surface area contributed by atoms with Crippen molar-refractivity contribution in [3.05, 3.63) is 24.3 Å². The summed E-state index contributed by atoms with van der Waals surface area (Å²) in [5.41, 5.74) is 0.869. The topological polar surface area (TPSA) is 69.6 Å². The molecule has 17 heavy (non-hydrogen) atoms. The summed E-state index contributed by atoms with van der Waals surface area (Å²) >= 11 is 6.73. The van der Waals surface area contributed by atoms with E-state index in [1.54, 1.807) is 0 Å². The summed E-state index contributed by atoms with van der Waals surface area (Å²) in [7, 11) is 0. The van der Waals surface area contributed by atoms with Crippen molar-refractivity contribution >= 4 is 35.0 Å². The van der Waals surface area contributed by atoms with Gasteiger partial charge in [0.25, 0.3) is 0 Å². The number of aliphatic hydroxyl groups is 1. The van der Waals surface area contributed by atoms with Crippen molar-refractivity contribution in [1.82, 2.24) is 0 Å². The molecule has 6 heteroatoms. The molecule has 94 valence electrons. The van der Waals surface area contributed by atoms with Crippen molar-refractivity contribution in [2.75, 3.05) is 23.5 Å². The molecule has 0 saturated carbocycles. The number of nitrogens with one attached hydrogen (secondary N) is 1. The highest BCUT2D eigenvalue weighted by molar-refractivity contribution is 8.00. The number of carbonyl (C=O) groups is 1. The maximum atomic E-state index is 10.4. The first-order chi connectivity index (χ1) is 8.11. The first-order valence-electron chi connectivity index (χ1n) is 5.04. The highest BCUT2D eigenvalue weighted by atomic mass is 35.5. The molecule has 1 aromatic rings. The number of anilines is 1. The third-order valence-corrected chi connectivity index (χ3v) is 3.29. The fourth-order valence-electron chi connectivity index (χ4n) is 1.10. The Kier molecular flexibility index (Phi) is 6.18. The highest BCUT2D eigenvalue weighted by Gasteiger charge is 2.02. The zero-order chi connectivity index (χ0) is 12.7. The Hall–Kier alpha value is -0.910. The summed E-state index contributed by atoms with van der Waals surface area (Å²) in [6, 6.07) is 7.35. The summed E-state index contributed by atoms with van der Waals surface area (Å²) in [5.74, 6) is -0.584. The lowest BCUT2D eigenvalue weighted by Crippen LogP contribution is -2.20. The molecule has 4 nitrogen and oxygen atoms in total. The monoisotopic (exact) mass is 275 g/mol. The van der Waals surface area contributed by atoms with Gasteiger partial charge in [0.2, 0.25) is 0 Å². The van der Waals surface area contributed by atoms with Gasteiger partial charge in [0, 0.05) is 17.1 Å². The largest absolute Gasteiger partial charge is 0.481 e. The van der Waals surface area contributed by atoms with Crippen LogP contribution < -0.4 is 5.32 Å². The molecule has 0 saturated heterocycles. The van der Waals surface area contributed by atoms with Crippen LogP contribution >= 0.6 is 23.4 Å². The third kappa shape index (κ3) is 5.81. The highest BCUT2D eigenvalue weighted by Crippen LogP contribution is 2.20.